The highest BCUT2D eigenvalue weighted by molar-refractivity contribution is 6.00. The van der Waals surface area contributed by atoms with Gasteiger partial charge in [0.25, 0.3) is 5.91 Å². The summed E-state index contributed by atoms with van der Waals surface area (Å²) in [6, 6.07) is 1.81. The van der Waals surface area contributed by atoms with Gasteiger partial charge in [-0.05, 0) is 39.7 Å². The third kappa shape index (κ3) is 1.89. The Balaban J connectivity index is 2.22. The maximum Gasteiger partial charge on any atom is 0.329 e. The SMILES string of the molecule is CCn1c(C)cc(C(=O)NC2(C(=O)O)CC2)c1C. The second-order valence-corrected chi connectivity index (χ2v) is 4.87. The van der Waals surface area contributed by atoms with Gasteiger partial charge in [-0.1, -0.05) is 0 Å². The third-order valence-electron chi connectivity index (χ3n) is 3.65. The smallest absolute Gasteiger partial charge is 0.329 e. The van der Waals surface area contributed by atoms with Gasteiger partial charge in [-0.3, -0.25) is 4.79 Å². The summed E-state index contributed by atoms with van der Waals surface area (Å²) in [7, 11) is 0. The molecule has 0 spiro atoms. The van der Waals surface area contributed by atoms with E-state index in [2.05, 4.69) is 5.32 Å². The molecule has 2 N–H and O–H groups in total. The summed E-state index contributed by atoms with van der Waals surface area (Å²) in [6.45, 7) is 6.64. The van der Waals surface area contributed by atoms with Crippen molar-refractivity contribution in [2.24, 2.45) is 0 Å². The molecule has 1 saturated carbocycles. The molecule has 1 amide bonds. The Morgan fingerprint density at radius 3 is 2.44 bits per heavy atom. The van der Waals surface area contributed by atoms with Crippen LogP contribution < -0.4 is 5.32 Å². The van der Waals surface area contributed by atoms with E-state index in [0.717, 1.165) is 17.9 Å². The number of carbonyl (C=O) groups excluding carboxylic acids is 1. The molecule has 0 bridgehead atoms. The van der Waals surface area contributed by atoms with E-state index < -0.39 is 11.5 Å². The Morgan fingerprint density at radius 2 is 2.06 bits per heavy atom. The first-order valence-corrected chi connectivity index (χ1v) is 6.14. The van der Waals surface area contributed by atoms with Gasteiger partial charge in [0.05, 0.1) is 5.56 Å². The number of aromatic nitrogens is 1. The fourth-order valence-corrected chi connectivity index (χ4v) is 2.32. The minimum atomic E-state index is -1.02. The van der Waals surface area contributed by atoms with Gasteiger partial charge in [-0.2, -0.15) is 0 Å². The van der Waals surface area contributed by atoms with Gasteiger partial charge in [0.1, 0.15) is 5.54 Å². The lowest BCUT2D eigenvalue weighted by Gasteiger charge is -2.12. The minimum absolute atomic E-state index is 0.289. The van der Waals surface area contributed by atoms with E-state index >= 15 is 0 Å². The summed E-state index contributed by atoms with van der Waals surface area (Å²) in [4.78, 5) is 23.2. The molecule has 5 heteroatoms. The molecule has 0 aliphatic heterocycles. The Morgan fingerprint density at radius 1 is 1.44 bits per heavy atom. The first-order chi connectivity index (χ1) is 8.41. The van der Waals surface area contributed by atoms with Gasteiger partial charge in [-0.25, -0.2) is 4.79 Å². The number of hydrogen-bond donors (Lipinski definition) is 2. The predicted octanol–water partition coefficient (Wildman–Crippen LogP) is 1.47. The number of amides is 1. The molecule has 0 saturated heterocycles. The van der Waals surface area contributed by atoms with Crippen LogP contribution >= 0.6 is 0 Å². The monoisotopic (exact) mass is 250 g/mol. The lowest BCUT2D eigenvalue weighted by Crippen LogP contribution is -2.43. The van der Waals surface area contributed by atoms with Crippen molar-refractivity contribution >= 4 is 11.9 Å². The lowest BCUT2D eigenvalue weighted by atomic mass is 10.2. The first-order valence-electron chi connectivity index (χ1n) is 6.14. The molecule has 1 aliphatic carbocycles. The largest absolute Gasteiger partial charge is 0.480 e. The molecule has 1 aromatic rings. The van der Waals surface area contributed by atoms with Crippen LogP contribution in [0.5, 0.6) is 0 Å². The number of hydrogen-bond acceptors (Lipinski definition) is 2. The highest BCUT2D eigenvalue weighted by Crippen LogP contribution is 2.36. The second-order valence-electron chi connectivity index (χ2n) is 4.87. The highest BCUT2D eigenvalue weighted by Gasteiger charge is 2.51. The quantitative estimate of drug-likeness (QED) is 0.850. The molecule has 18 heavy (non-hydrogen) atoms. The van der Waals surface area contributed by atoms with Gasteiger partial charge >= 0.3 is 5.97 Å². The Hall–Kier alpha value is -1.78. The van der Waals surface area contributed by atoms with Crippen molar-refractivity contribution in [1.82, 2.24) is 9.88 Å². The van der Waals surface area contributed by atoms with Crippen molar-refractivity contribution in [2.75, 3.05) is 0 Å². The van der Waals surface area contributed by atoms with Crippen LogP contribution in [0.1, 0.15) is 41.5 Å². The molecule has 1 heterocycles. The van der Waals surface area contributed by atoms with Crippen molar-refractivity contribution in [2.45, 2.75) is 45.7 Å². The molecule has 1 aromatic heterocycles. The molecule has 0 aromatic carbocycles. The van der Waals surface area contributed by atoms with E-state index in [1.54, 1.807) is 0 Å². The molecule has 2 rings (SSSR count). The van der Waals surface area contributed by atoms with Crippen molar-refractivity contribution in [1.29, 1.82) is 0 Å². The zero-order chi connectivity index (χ0) is 13.5. The molecule has 0 radical (unpaired) electrons. The normalized spacial score (nSPS) is 16.4. The average Bonchev–Trinajstić information content (AvgIpc) is 3.01. The average molecular weight is 250 g/mol. The van der Waals surface area contributed by atoms with Crippen LogP contribution in [0.2, 0.25) is 0 Å². The number of carbonyl (C=O) groups is 2. The topological polar surface area (TPSA) is 71.3 Å². The van der Waals surface area contributed by atoms with Crippen LogP contribution in [0.3, 0.4) is 0 Å². The maximum absolute atomic E-state index is 12.1. The maximum atomic E-state index is 12.1. The van der Waals surface area contributed by atoms with Gasteiger partial charge in [0, 0.05) is 17.9 Å². The van der Waals surface area contributed by atoms with E-state index in [1.165, 1.54) is 0 Å². The number of nitrogens with one attached hydrogen (secondary N) is 1. The van der Waals surface area contributed by atoms with Crippen LogP contribution in [0.25, 0.3) is 0 Å². The fourth-order valence-electron chi connectivity index (χ4n) is 2.32. The first kappa shape index (κ1) is 12.7. The van der Waals surface area contributed by atoms with Gasteiger partial charge in [0.15, 0.2) is 0 Å². The van der Waals surface area contributed by atoms with Crippen LogP contribution in [0, 0.1) is 13.8 Å². The summed E-state index contributed by atoms with van der Waals surface area (Å²) in [5, 5.41) is 11.7. The van der Waals surface area contributed by atoms with Crippen LogP contribution in [-0.4, -0.2) is 27.1 Å². The predicted molar refractivity (Wildman–Crippen MR) is 66.6 cm³/mol. The number of carboxylic acid groups (broad SMARTS) is 1. The molecule has 5 nitrogen and oxygen atoms in total. The van der Waals surface area contributed by atoms with Gasteiger partial charge < -0.3 is 15.0 Å². The van der Waals surface area contributed by atoms with E-state index in [4.69, 9.17) is 5.11 Å². The summed E-state index contributed by atoms with van der Waals surface area (Å²) in [6.07, 6.45) is 1.03. The van der Waals surface area contributed by atoms with Gasteiger partial charge in [0.2, 0.25) is 0 Å². The number of rotatable bonds is 4. The summed E-state index contributed by atoms with van der Waals surface area (Å²) >= 11 is 0. The van der Waals surface area contributed by atoms with Crippen molar-refractivity contribution in [3.05, 3.63) is 23.0 Å². The molecular formula is C13H18N2O3. The number of nitrogens with zero attached hydrogens (tertiary/aromatic N) is 1. The Kier molecular flexibility index (Phi) is 2.92. The van der Waals surface area contributed by atoms with Crippen molar-refractivity contribution in [3.8, 4) is 0 Å². The van der Waals surface area contributed by atoms with Crippen molar-refractivity contribution in [3.63, 3.8) is 0 Å². The number of aliphatic carboxylic acids is 1. The second kappa shape index (κ2) is 4.15. The highest BCUT2D eigenvalue weighted by atomic mass is 16.4. The summed E-state index contributed by atoms with van der Waals surface area (Å²) in [5.74, 6) is -1.23. The molecule has 98 valence electrons. The zero-order valence-electron chi connectivity index (χ0n) is 10.9. The molecule has 0 atom stereocenters. The van der Waals surface area contributed by atoms with Crippen LogP contribution in [0.4, 0.5) is 0 Å². The summed E-state index contributed by atoms with van der Waals surface area (Å²) in [5.41, 5.74) is 1.45. The molecular weight excluding hydrogens is 232 g/mol. The Bertz CT molecular complexity index is 513. The summed E-state index contributed by atoms with van der Waals surface area (Å²) < 4.78 is 2.04. The molecule has 1 fully saturated rings. The van der Waals surface area contributed by atoms with Gasteiger partial charge in [-0.15, -0.1) is 0 Å². The fraction of sp³-hybridized carbons (Fsp3) is 0.538. The molecule has 1 aliphatic rings. The standard InChI is InChI=1S/C13H18N2O3/c1-4-15-8(2)7-10(9(15)3)11(16)14-13(5-6-13)12(17)18/h7H,4-6H2,1-3H3,(H,14,16)(H,17,18). The van der Waals surface area contributed by atoms with E-state index in [0.29, 0.717) is 18.4 Å². The Labute approximate surface area is 106 Å². The van der Waals surface area contributed by atoms with Crippen molar-refractivity contribution < 1.29 is 14.7 Å². The zero-order valence-corrected chi connectivity index (χ0v) is 10.9. The van der Waals surface area contributed by atoms with Crippen LogP contribution in [0.15, 0.2) is 6.07 Å². The number of aryl methyl sites for hydroxylation is 1. The third-order valence-corrected chi connectivity index (χ3v) is 3.65. The van der Waals surface area contributed by atoms with E-state index in [1.807, 2.05) is 31.4 Å². The van der Waals surface area contributed by atoms with E-state index in [9.17, 15) is 9.59 Å². The van der Waals surface area contributed by atoms with Crippen LogP contribution in [-0.2, 0) is 11.3 Å². The minimum Gasteiger partial charge on any atom is -0.480 e. The lowest BCUT2D eigenvalue weighted by molar-refractivity contribution is -0.140. The van der Waals surface area contributed by atoms with E-state index in [-0.39, 0.29) is 5.91 Å². The number of carboxylic acids is 1. The molecule has 0 unspecified atom stereocenters.